The van der Waals surface area contributed by atoms with E-state index >= 15 is 0 Å². The van der Waals surface area contributed by atoms with Gasteiger partial charge >= 0.3 is 6.18 Å². The van der Waals surface area contributed by atoms with Crippen LogP contribution < -0.4 is 10.6 Å². The molecule has 1 saturated carbocycles. The van der Waals surface area contributed by atoms with Crippen LogP contribution in [-0.4, -0.2) is 40.4 Å². The van der Waals surface area contributed by atoms with E-state index in [1.165, 1.54) is 6.33 Å². The van der Waals surface area contributed by atoms with E-state index in [2.05, 4.69) is 30.8 Å². The van der Waals surface area contributed by atoms with Gasteiger partial charge in [-0.25, -0.2) is 4.98 Å². The van der Waals surface area contributed by atoms with Gasteiger partial charge in [0.05, 0.1) is 5.92 Å². The summed E-state index contributed by atoms with van der Waals surface area (Å²) in [6.07, 6.45) is -1.09. The van der Waals surface area contributed by atoms with Gasteiger partial charge in [0.25, 0.3) is 0 Å². The van der Waals surface area contributed by atoms with Crippen molar-refractivity contribution >= 4 is 29.9 Å². The smallest absolute Gasteiger partial charge is 0.354 e. The maximum atomic E-state index is 13.0. The number of aromatic nitrogens is 3. The summed E-state index contributed by atoms with van der Waals surface area (Å²) in [7, 11) is 1.62. The van der Waals surface area contributed by atoms with Crippen molar-refractivity contribution in [3.05, 3.63) is 36.2 Å². The molecule has 1 aliphatic carbocycles. The van der Waals surface area contributed by atoms with Gasteiger partial charge in [-0.15, -0.1) is 24.0 Å². The zero-order chi connectivity index (χ0) is 19.3. The van der Waals surface area contributed by atoms with E-state index < -0.39 is 12.1 Å². The fraction of sp³-hybridized carbons (Fsp3) is 0.500. The predicted molar refractivity (Wildman–Crippen MR) is 112 cm³/mol. The highest BCUT2D eigenvalue weighted by atomic mass is 127. The maximum Gasteiger partial charge on any atom is 0.391 e. The minimum absolute atomic E-state index is 0. The summed E-state index contributed by atoms with van der Waals surface area (Å²) in [6.45, 7) is 0.497. The number of rotatable bonds is 4. The van der Waals surface area contributed by atoms with Gasteiger partial charge in [0, 0.05) is 25.2 Å². The van der Waals surface area contributed by atoms with Crippen LogP contribution in [0.2, 0.25) is 0 Å². The number of guanidine groups is 1. The number of benzene rings is 1. The Bertz CT molecular complexity index is 763. The summed E-state index contributed by atoms with van der Waals surface area (Å²) in [5, 5.41) is 13.0. The van der Waals surface area contributed by atoms with Crippen LogP contribution in [-0.2, 0) is 6.54 Å². The number of aromatic amines is 1. The normalized spacial score (nSPS) is 20.4. The molecular weight excluding hydrogens is 484 g/mol. The van der Waals surface area contributed by atoms with E-state index in [4.69, 9.17) is 0 Å². The number of hydrogen-bond acceptors (Lipinski definition) is 3. The number of hydrogen-bond donors (Lipinski definition) is 3. The summed E-state index contributed by atoms with van der Waals surface area (Å²) >= 11 is 0. The molecule has 1 aromatic carbocycles. The molecule has 2 unspecified atom stereocenters. The number of halogens is 4. The molecule has 0 spiro atoms. The Labute approximate surface area is 178 Å². The van der Waals surface area contributed by atoms with Crippen LogP contribution in [0.5, 0.6) is 0 Å². The van der Waals surface area contributed by atoms with Gasteiger partial charge < -0.3 is 10.6 Å². The Morgan fingerprint density at radius 1 is 1.32 bits per heavy atom. The van der Waals surface area contributed by atoms with Gasteiger partial charge in [0.2, 0.25) is 0 Å². The summed E-state index contributed by atoms with van der Waals surface area (Å²) < 4.78 is 38.9. The molecule has 0 amide bonds. The molecule has 154 valence electrons. The molecule has 2 aromatic rings. The van der Waals surface area contributed by atoms with Crippen LogP contribution in [0.25, 0.3) is 11.4 Å². The first kappa shape index (κ1) is 22.4. The van der Waals surface area contributed by atoms with Gasteiger partial charge in [-0.2, -0.15) is 18.3 Å². The van der Waals surface area contributed by atoms with Crippen molar-refractivity contribution in [1.29, 1.82) is 0 Å². The highest BCUT2D eigenvalue weighted by Crippen LogP contribution is 2.37. The highest BCUT2D eigenvalue weighted by molar-refractivity contribution is 14.0. The largest absolute Gasteiger partial charge is 0.391 e. The lowest BCUT2D eigenvalue weighted by molar-refractivity contribution is -0.183. The van der Waals surface area contributed by atoms with Gasteiger partial charge in [0.15, 0.2) is 11.8 Å². The fourth-order valence-corrected chi connectivity index (χ4v) is 3.37. The lowest BCUT2D eigenvalue weighted by atomic mass is 9.85. The fourth-order valence-electron chi connectivity index (χ4n) is 3.37. The first-order valence-electron chi connectivity index (χ1n) is 8.94. The summed E-state index contributed by atoms with van der Waals surface area (Å²) in [5.74, 6) is -0.0481. The molecule has 28 heavy (non-hydrogen) atoms. The van der Waals surface area contributed by atoms with E-state index in [-0.39, 0.29) is 42.9 Å². The molecule has 1 fully saturated rings. The second-order valence-corrected chi connectivity index (χ2v) is 6.71. The quantitative estimate of drug-likeness (QED) is 0.333. The molecule has 3 N–H and O–H groups in total. The third kappa shape index (κ3) is 6.08. The van der Waals surface area contributed by atoms with E-state index in [9.17, 15) is 13.2 Å². The third-order valence-corrected chi connectivity index (χ3v) is 4.78. The molecule has 2 atom stereocenters. The van der Waals surface area contributed by atoms with Gasteiger partial charge in [-0.3, -0.25) is 10.1 Å². The molecule has 1 heterocycles. The SMILES string of the molecule is CN=C(NCc1cccc(-c2ncn[nH]2)c1)NC1CCCC(C(F)(F)F)C1.I. The molecule has 3 rings (SSSR count). The second kappa shape index (κ2) is 10.1. The summed E-state index contributed by atoms with van der Waals surface area (Å²) in [5.41, 5.74) is 1.92. The van der Waals surface area contributed by atoms with Crippen molar-refractivity contribution in [1.82, 2.24) is 25.8 Å². The Balaban J connectivity index is 0.00000280. The third-order valence-electron chi connectivity index (χ3n) is 4.78. The Morgan fingerprint density at radius 3 is 2.82 bits per heavy atom. The molecule has 1 aliphatic rings. The van der Waals surface area contributed by atoms with Crippen LogP contribution in [0.4, 0.5) is 13.2 Å². The summed E-state index contributed by atoms with van der Waals surface area (Å²) in [4.78, 5) is 8.27. The van der Waals surface area contributed by atoms with E-state index in [1.54, 1.807) is 7.05 Å². The molecule has 0 saturated heterocycles. The minimum Gasteiger partial charge on any atom is -0.354 e. The Hall–Kier alpha value is -1.85. The molecular formula is C18H24F3IN6. The topological polar surface area (TPSA) is 78.0 Å². The molecule has 0 aliphatic heterocycles. The molecule has 6 nitrogen and oxygen atoms in total. The summed E-state index contributed by atoms with van der Waals surface area (Å²) in [6, 6.07) is 7.55. The molecule has 1 aromatic heterocycles. The van der Waals surface area contributed by atoms with Crippen LogP contribution in [0.3, 0.4) is 0 Å². The van der Waals surface area contributed by atoms with Crippen molar-refractivity contribution in [2.75, 3.05) is 7.05 Å². The average molecular weight is 508 g/mol. The average Bonchev–Trinajstić information content (AvgIpc) is 3.20. The first-order valence-corrected chi connectivity index (χ1v) is 8.94. The monoisotopic (exact) mass is 508 g/mol. The van der Waals surface area contributed by atoms with Crippen LogP contribution in [0.1, 0.15) is 31.2 Å². The number of nitrogens with zero attached hydrogens (tertiary/aromatic N) is 3. The second-order valence-electron chi connectivity index (χ2n) is 6.71. The standard InChI is InChI=1S/C18H23F3N6.HI/c1-22-17(26-15-7-3-6-14(9-15)18(19,20)21)23-10-12-4-2-5-13(8-12)16-24-11-25-27-16;/h2,4-5,8,11,14-15H,3,6-7,9-10H2,1H3,(H2,22,23,26)(H,24,25,27);1H. The van der Waals surface area contributed by atoms with E-state index in [0.717, 1.165) is 11.1 Å². The van der Waals surface area contributed by atoms with Gasteiger partial charge in [-0.1, -0.05) is 24.6 Å². The molecule has 10 heteroatoms. The molecule has 0 bridgehead atoms. The van der Waals surface area contributed by atoms with E-state index in [1.807, 2.05) is 24.3 Å². The first-order chi connectivity index (χ1) is 13.0. The van der Waals surface area contributed by atoms with Crippen molar-refractivity contribution < 1.29 is 13.2 Å². The lowest BCUT2D eigenvalue weighted by Gasteiger charge is -2.31. The predicted octanol–water partition coefficient (Wildman–Crippen LogP) is 3.88. The zero-order valence-electron chi connectivity index (χ0n) is 15.5. The van der Waals surface area contributed by atoms with Crippen molar-refractivity contribution in [2.45, 2.75) is 44.4 Å². The maximum absolute atomic E-state index is 13.0. The number of aliphatic imine (C=N–C) groups is 1. The Morgan fingerprint density at radius 2 is 2.14 bits per heavy atom. The van der Waals surface area contributed by atoms with Crippen molar-refractivity contribution in [3.63, 3.8) is 0 Å². The number of H-pyrrole nitrogens is 1. The van der Waals surface area contributed by atoms with Crippen molar-refractivity contribution in [2.24, 2.45) is 10.9 Å². The van der Waals surface area contributed by atoms with Gasteiger partial charge in [0.1, 0.15) is 6.33 Å². The zero-order valence-corrected chi connectivity index (χ0v) is 17.8. The Kier molecular flexibility index (Phi) is 8.08. The van der Waals surface area contributed by atoms with E-state index in [0.29, 0.717) is 31.2 Å². The molecule has 0 radical (unpaired) electrons. The number of nitrogens with one attached hydrogen (secondary N) is 3. The lowest BCUT2D eigenvalue weighted by Crippen LogP contribution is -2.46. The van der Waals surface area contributed by atoms with Crippen molar-refractivity contribution in [3.8, 4) is 11.4 Å². The van der Waals surface area contributed by atoms with Crippen LogP contribution in [0, 0.1) is 5.92 Å². The van der Waals surface area contributed by atoms with Gasteiger partial charge in [-0.05, 0) is 30.9 Å². The number of alkyl halides is 3. The minimum atomic E-state index is -4.13. The van der Waals surface area contributed by atoms with Crippen LogP contribution in [0.15, 0.2) is 35.6 Å². The van der Waals surface area contributed by atoms with Crippen LogP contribution >= 0.6 is 24.0 Å². The highest BCUT2D eigenvalue weighted by Gasteiger charge is 2.42.